The zero-order chi connectivity index (χ0) is 83.9. The quantitative estimate of drug-likeness (QED) is 0.0236. The SMILES string of the molecule is CCC(C)CCCCC(O)CC(=O)NC(C(=O)NC(CCN)C(=O)NCC(=O)NC(CO)C(=O)NC(Cc1c[nH]c2ccccc12)C(=O)NC(CO)C(=O)NC(CCN)C(=O)NC(CCN)C(=O)NC(Cc1ccccc1)C(=O)NC(CCC(=O)O)C(=O)NC(C(=O)NC(C(=O)NC(CO)C(=O)O)C(C)C)C(C)C)C(C)C. The number of hydrogen-bond donors (Lipinski definition) is 23. The number of aliphatic carboxylic acids is 2. The molecule has 1 heterocycles. The number of carboxylic acid groups (broad SMARTS) is 2. The lowest BCUT2D eigenvalue weighted by atomic mass is 9.98. The number of aromatic amines is 1. The van der Waals surface area contributed by atoms with E-state index in [2.05, 4.69) is 87.9 Å². The molecule has 3 aromatic rings. The van der Waals surface area contributed by atoms with Crippen LogP contribution in [0.4, 0.5) is 0 Å². The maximum absolute atomic E-state index is 14.5. The molecule has 26 N–H and O–H groups in total. The van der Waals surface area contributed by atoms with Gasteiger partial charge in [-0.1, -0.05) is 130 Å². The molecule has 1 aromatic heterocycles. The van der Waals surface area contributed by atoms with Crippen LogP contribution in [0, 0.1) is 23.7 Å². The van der Waals surface area contributed by atoms with E-state index in [9.17, 15) is 103 Å². The zero-order valence-electron chi connectivity index (χ0n) is 64.8. The Morgan fingerprint density at radius 1 is 0.411 bits per heavy atom. The molecule has 14 atom stereocenters. The molecule has 2 aromatic carbocycles. The Balaban J connectivity index is 1.83. The fraction of sp³-hybridized carbons (Fsp3) is 0.608. The summed E-state index contributed by atoms with van der Waals surface area (Å²) in [5.74, 6) is -17.1. The van der Waals surface area contributed by atoms with E-state index in [0.717, 1.165) is 19.3 Å². The molecule has 38 nitrogen and oxygen atoms in total. The smallest absolute Gasteiger partial charge is 0.328 e. The summed E-state index contributed by atoms with van der Waals surface area (Å²) in [7, 11) is 0. The fourth-order valence-electron chi connectivity index (χ4n) is 11.6. The van der Waals surface area contributed by atoms with Crippen molar-refractivity contribution in [1.29, 1.82) is 0 Å². The maximum Gasteiger partial charge on any atom is 0.328 e. The fourth-order valence-corrected chi connectivity index (χ4v) is 11.6. The van der Waals surface area contributed by atoms with Crippen molar-refractivity contribution in [2.45, 2.75) is 217 Å². The van der Waals surface area contributed by atoms with Crippen LogP contribution in [-0.4, -0.2) is 249 Å². The van der Waals surface area contributed by atoms with E-state index in [1.807, 2.05) is 0 Å². The molecule has 0 saturated carbocycles. The van der Waals surface area contributed by atoms with E-state index >= 15 is 0 Å². The summed E-state index contributed by atoms with van der Waals surface area (Å²) < 4.78 is 0. The highest BCUT2D eigenvalue weighted by atomic mass is 16.4. The predicted molar refractivity (Wildman–Crippen MR) is 408 cm³/mol. The summed E-state index contributed by atoms with van der Waals surface area (Å²) in [6.45, 7) is 9.02. The number of amides is 13. The third-order valence-corrected chi connectivity index (χ3v) is 18.4. The van der Waals surface area contributed by atoms with Crippen LogP contribution < -0.4 is 86.3 Å². The minimum absolute atomic E-state index is 0.111. The van der Waals surface area contributed by atoms with Crippen molar-refractivity contribution in [3.05, 3.63) is 71.9 Å². The van der Waals surface area contributed by atoms with Gasteiger partial charge in [-0.2, -0.15) is 0 Å². The van der Waals surface area contributed by atoms with E-state index < -0.39 is 224 Å². The minimum Gasteiger partial charge on any atom is -0.481 e. The predicted octanol–water partition coefficient (Wildman–Crippen LogP) is -4.81. The first kappa shape index (κ1) is 96.0. The van der Waals surface area contributed by atoms with Crippen molar-refractivity contribution in [3.8, 4) is 0 Å². The molecule has 3 rings (SSSR count). The number of unbranched alkanes of at least 4 members (excludes halogenated alkanes) is 1. The van der Waals surface area contributed by atoms with Gasteiger partial charge in [-0.05, 0) is 92.6 Å². The van der Waals surface area contributed by atoms with Gasteiger partial charge < -0.3 is 122 Å². The lowest BCUT2D eigenvalue weighted by Gasteiger charge is -2.29. The van der Waals surface area contributed by atoms with E-state index in [1.165, 1.54) is 33.9 Å². The van der Waals surface area contributed by atoms with Gasteiger partial charge in [0.25, 0.3) is 0 Å². The van der Waals surface area contributed by atoms with Crippen LogP contribution in [0.3, 0.4) is 0 Å². The molecule has 0 aliphatic rings. The Morgan fingerprint density at radius 2 is 0.804 bits per heavy atom. The molecule has 0 aliphatic carbocycles. The Hall–Kier alpha value is -10.2. The number of aromatic nitrogens is 1. The summed E-state index contributed by atoms with van der Waals surface area (Å²) in [5, 5.41) is 92.5. The molecule has 38 heteroatoms. The lowest BCUT2D eigenvalue weighted by Crippen LogP contribution is -2.62. The molecule has 0 spiro atoms. The summed E-state index contributed by atoms with van der Waals surface area (Å²) in [5.41, 5.74) is 19.1. The average molecular weight is 1580 g/mol. The minimum atomic E-state index is -1.89. The normalized spacial score (nSPS) is 15.1. The van der Waals surface area contributed by atoms with Crippen LogP contribution in [0.25, 0.3) is 10.9 Å². The van der Waals surface area contributed by atoms with Gasteiger partial charge >= 0.3 is 11.9 Å². The number of benzene rings is 2. The molecule has 0 bridgehead atoms. The second kappa shape index (κ2) is 49.9. The van der Waals surface area contributed by atoms with Crippen LogP contribution in [-0.2, 0) is 84.8 Å². The molecule has 14 unspecified atom stereocenters. The summed E-state index contributed by atoms with van der Waals surface area (Å²) in [4.78, 5) is 207. The van der Waals surface area contributed by atoms with Gasteiger partial charge in [0.1, 0.15) is 72.5 Å². The standard InChI is InChI=1S/C74H117N17O21/c1-9-42(8)17-13-14-20-45(95)33-57(96)89-60(39(2)3)71(108)84-49(25-28-75)63(100)79-35-58(97)80-54(36-92)69(106)86-53(32-44-34-78-47-22-16-15-21-46(44)47)68(105)87-55(37-93)70(107)83-50(26-29-76)64(101)82-51(27-30-77)65(102)85-52(31-43-18-11-10-12-19-43)67(104)81-48(23-24-59(98)99)66(103)90-62(41(6)7)73(110)91-61(40(4)5)72(109)88-56(38-94)74(111)112/h10-12,15-16,18-19,21-22,34,39-42,45,48-56,60-62,78,92-95H,9,13-14,17,20,23-33,35-38,75-77H2,1-8H3,(H,79,100)(H,80,97)(H,81,104)(H,82,101)(H,83,107)(H,84,108)(H,85,102)(H,86,106)(H,87,105)(H,88,109)(H,89,96)(H,90,103)(H,91,110)(H,98,99)(H,111,112). The van der Waals surface area contributed by atoms with Crippen molar-refractivity contribution in [2.24, 2.45) is 40.9 Å². The lowest BCUT2D eigenvalue weighted by molar-refractivity contribution is -0.144. The topological polar surface area (TPSA) is 628 Å². The first-order valence-corrected chi connectivity index (χ1v) is 37.6. The monoisotopic (exact) mass is 1580 g/mol. The molecule has 13 amide bonds. The van der Waals surface area contributed by atoms with Gasteiger partial charge in [-0.25, -0.2) is 4.79 Å². The van der Waals surface area contributed by atoms with Crippen LogP contribution in [0.15, 0.2) is 60.8 Å². The number of para-hydroxylation sites is 1. The molecular formula is C74H117N17O21. The first-order valence-electron chi connectivity index (χ1n) is 37.6. The van der Waals surface area contributed by atoms with Gasteiger partial charge in [-0.15, -0.1) is 0 Å². The second-order valence-corrected chi connectivity index (χ2v) is 28.5. The van der Waals surface area contributed by atoms with Crippen LogP contribution >= 0.6 is 0 Å². The van der Waals surface area contributed by atoms with Gasteiger partial charge in [0, 0.05) is 36.4 Å². The van der Waals surface area contributed by atoms with Crippen molar-refractivity contribution in [1.82, 2.24) is 74.1 Å². The molecule has 0 fully saturated rings. The molecule has 0 saturated heterocycles. The highest BCUT2D eigenvalue weighted by Gasteiger charge is 2.38. The number of fused-ring (bicyclic) bond motifs is 1. The van der Waals surface area contributed by atoms with E-state index in [0.29, 0.717) is 40.8 Å². The van der Waals surface area contributed by atoms with Crippen LogP contribution in [0.2, 0.25) is 0 Å². The van der Waals surface area contributed by atoms with Gasteiger partial charge in [0.05, 0.1) is 38.9 Å². The van der Waals surface area contributed by atoms with E-state index in [-0.39, 0.29) is 58.2 Å². The van der Waals surface area contributed by atoms with Crippen molar-refractivity contribution in [2.75, 3.05) is 46.0 Å². The highest BCUT2D eigenvalue weighted by Crippen LogP contribution is 2.21. The van der Waals surface area contributed by atoms with Crippen molar-refractivity contribution < 1.29 is 103 Å². The molecule has 0 radical (unpaired) electrons. The van der Waals surface area contributed by atoms with Crippen molar-refractivity contribution in [3.63, 3.8) is 0 Å². The van der Waals surface area contributed by atoms with Crippen molar-refractivity contribution >= 4 is 99.6 Å². The number of nitrogens with one attached hydrogen (secondary N) is 14. The second-order valence-electron chi connectivity index (χ2n) is 28.5. The zero-order valence-corrected chi connectivity index (χ0v) is 64.8. The van der Waals surface area contributed by atoms with Gasteiger partial charge in [-0.3, -0.25) is 67.1 Å². The van der Waals surface area contributed by atoms with Gasteiger partial charge in [0.2, 0.25) is 76.8 Å². The Labute approximate surface area is 650 Å². The number of aliphatic hydroxyl groups excluding tert-OH is 4. The number of nitrogens with two attached hydrogens (primary N) is 3. The third-order valence-electron chi connectivity index (χ3n) is 18.4. The summed E-state index contributed by atoms with van der Waals surface area (Å²) >= 11 is 0. The Morgan fingerprint density at radius 3 is 1.29 bits per heavy atom. The Bertz CT molecular complexity index is 3600. The summed E-state index contributed by atoms with van der Waals surface area (Å²) in [6, 6.07) is -3.95. The Kier molecular flexibility index (Phi) is 42.7. The van der Waals surface area contributed by atoms with E-state index in [4.69, 9.17) is 17.2 Å². The largest absolute Gasteiger partial charge is 0.481 e. The number of H-pyrrole nitrogens is 1. The van der Waals surface area contributed by atoms with E-state index in [1.54, 1.807) is 68.4 Å². The first-order chi connectivity index (χ1) is 53.1. The highest BCUT2D eigenvalue weighted by molar-refractivity contribution is 6.00. The van der Waals surface area contributed by atoms with Gasteiger partial charge in [0.15, 0.2) is 0 Å². The van der Waals surface area contributed by atoms with Crippen LogP contribution in [0.5, 0.6) is 0 Å². The molecule has 112 heavy (non-hydrogen) atoms. The average Bonchev–Trinajstić information content (AvgIpc) is 1.64. The number of aliphatic hydroxyl groups is 4. The molecule has 624 valence electrons. The number of carboxylic acids is 2. The third kappa shape index (κ3) is 33.0. The van der Waals surface area contributed by atoms with Crippen LogP contribution in [0.1, 0.15) is 137 Å². The number of carbonyl (C=O) groups excluding carboxylic acids is 13. The molecular weight excluding hydrogens is 1460 g/mol. The molecule has 0 aliphatic heterocycles. The number of hydrogen-bond acceptors (Lipinski definition) is 22. The maximum atomic E-state index is 14.5. The summed E-state index contributed by atoms with van der Waals surface area (Å²) in [6.07, 6.45) is 1.71. The number of rotatable bonds is 53. The number of carbonyl (C=O) groups is 15.